The molecule has 1 N–H and O–H groups in total. The molecule has 0 spiro atoms. The number of carboxylic acid groups (broad SMARTS) is 1. The van der Waals surface area contributed by atoms with Crippen LogP contribution in [0.15, 0.2) is 48.6 Å². The number of aliphatic carboxylic acids is 1. The molecule has 0 amide bonds. The lowest BCUT2D eigenvalue weighted by Crippen LogP contribution is -2.18. The van der Waals surface area contributed by atoms with E-state index >= 15 is 0 Å². The third-order valence-electron chi connectivity index (χ3n) is 7.55. The van der Waals surface area contributed by atoms with Crippen LogP contribution >= 0.6 is 0 Å². The third kappa shape index (κ3) is 32.4. The summed E-state index contributed by atoms with van der Waals surface area (Å²) >= 11 is 0. The topological polar surface area (TPSA) is 63.6 Å². The molecule has 0 aromatic carbocycles. The Kier molecular flexibility index (Phi) is 31.7. The van der Waals surface area contributed by atoms with Crippen molar-refractivity contribution in [2.24, 2.45) is 0 Å². The van der Waals surface area contributed by atoms with E-state index < -0.39 is 5.97 Å². The van der Waals surface area contributed by atoms with Gasteiger partial charge in [-0.15, -0.1) is 0 Å². The van der Waals surface area contributed by atoms with E-state index in [4.69, 9.17) is 9.84 Å². The molecule has 42 heavy (non-hydrogen) atoms. The highest BCUT2D eigenvalue weighted by molar-refractivity contribution is 5.69. The summed E-state index contributed by atoms with van der Waals surface area (Å²) in [7, 11) is 0. The van der Waals surface area contributed by atoms with Gasteiger partial charge in [-0.25, -0.2) is 0 Å². The van der Waals surface area contributed by atoms with E-state index in [-0.39, 0.29) is 18.5 Å². The summed E-state index contributed by atoms with van der Waals surface area (Å²) in [5.41, 5.74) is 0. The first-order valence-electron chi connectivity index (χ1n) is 17.6. The van der Waals surface area contributed by atoms with Crippen LogP contribution in [-0.4, -0.2) is 23.1 Å². The van der Waals surface area contributed by atoms with Gasteiger partial charge in [-0.3, -0.25) is 9.59 Å². The summed E-state index contributed by atoms with van der Waals surface area (Å²) in [6.45, 7) is 4.46. The number of ether oxygens (including phenoxy) is 1. The van der Waals surface area contributed by atoms with Crippen LogP contribution in [0.2, 0.25) is 0 Å². The van der Waals surface area contributed by atoms with Crippen LogP contribution in [0.1, 0.15) is 174 Å². The van der Waals surface area contributed by atoms with Gasteiger partial charge in [0.1, 0.15) is 6.10 Å². The Balaban J connectivity index is 3.90. The molecular weight excluding hydrogens is 520 g/mol. The quantitative estimate of drug-likeness (QED) is 0.0498. The zero-order valence-corrected chi connectivity index (χ0v) is 27.5. The molecule has 4 heteroatoms. The highest BCUT2D eigenvalue weighted by Gasteiger charge is 2.14. The van der Waals surface area contributed by atoms with Crippen LogP contribution in [0, 0.1) is 0 Å². The number of carbonyl (C=O) groups is 2. The first kappa shape index (κ1) is 39.9. The maximum Gasteiger partial charge on any atom is 0.306 e. The number of allylic oxidation sites excluding steroid dienone is 8. The lowest BCUT2D eigenvalue weighted by Gasteiger charge is -2.18. The molecule has 0 aromatic heterocycles. The predicted molar refractivity (Wildman–Crippen MR) is 181 cm³/mol. The summed E-state index contributed by atoms with van der Waals surface area (Å²) < 4.78 is 5.91. The summed E-state index contributed by atoms with van der Waals surface area (Å²) in [6.07, 6.45) is 44.2. The second-order valence-electron chi connectivity index (χ2n) is 11.7. The number of hydrogen-bond acceptors (Lipinski definition) is 3. The minimum atomic E-state index is -0.700. The molecule has 4 nitrogen and oxygen atoms in total. The molecule has 1 atom stereocenters. The average Bonchev–Trinajstić information content (AvgIpc) is 2.97. The van der Waals surface area contributed by atoms with Crippen molar-refractivity contribution in [2.75, 3.05) is 0 Å². The van der Waals surface area contributed by atoms with Crippen molar-refractivity contribution in [3.8, 4) is 0 Å². The van der Waals surface area contributed by atoms with Crippen molar-refractivity contribution in [1.82, 2.24) is 0 Å². The van der Waals surface area contributed by atoms with Crippen molar-refractivity contribution < 1.29 is 19.4 Å². The van der Waals surface area contributed by atoms with Crippen molar-refractivity contribution in [3.05, 3.63) is 48.6 Å². The molecule has 0 aliphatic carbocycles. The number of unbranched alkanes of at least 4 members (excludes halogenated alkanes) is 14. The van der Waals surface area contributed by atoms with E-state index in [0.29, 0.717) is 6.42 Å². The van der Waals surface area contributed by atoms with E-state index in [1.54, 1.807) is 0 Å². The van der Waals surface area contributed by atoms with Gasteiger partial charge in [-0.2, -0.15) is 0 Å². The van der Waals surface area contributed by atoms with Crippen molar-refractivity contribution in [2.45, 2.75) is 180 Å². The highest BCUT2D eigenvalue weighted by Crippen LogP contribution is 2.18. The van der Waals surface area contributed by atoms with E-state index in [9.17, 15) is 9.59 Å². The predicted octanol–water partition coefficient (Wildman–Crippen LogP) is 12.0. The summed E-state index contributed by atoms with van der Waals surface area (Å²) in [6, 6.07) is 0. The Morgan fingerprint density at radius 1 is 0.524 bits per heavy atom. The molecular formula is C38H66O4. The van der Waals surface area contributed by atoms with Crippen LogP contribution in [0.3, 0.4) is 0 Å². The molecule has 0 saturated heterocycles. The van der Waals surface area contributed by atoms with Crippen LogP contribution < -0.4 is 0 Å². The first-order chi connectivity index (χ1) is 20.6. The molecule has 0 bridgehead atoms. The van der Waals surface area contributed by atoms with Crippen LogP contribution in [0.25, 0.3) is 0 Å². The second-order valence-corrected chi connectivity index (χ2v) is 11.7. The van der Waals surface area contributed by atoms with Gasteiger partial charge in [0, 0.05) is 12.8 Å². The van der Waals surface area contributed by atoms with Gasteiger partial charge < -0.3 is 9.84 Å². The summed E-state index contributed by atoms with van der Waals surface area (Å²) in [5.74, 6) is -0.726. The van der Waals surface area contributed by atoms with Crippen molar-refractivity contribution in [3.63, 3.8) is 0 Å². The number of hydrogen-bond donors (Lipinski definition) is 1. The standard InChI is InChI=1S/C38H66O4/c1-3-5-7-9-10-11-12-13-14-15-16-17-18-19-20-21-22-27-31-35-38(41)42-36(32-28-8-6-4-2)33-29-25-23-24-26-30-34-37(39)40/h10-11,13-14,16-17,19-20,36H,3-9,12,15,18,21-35H2,1-2H3,(H,39,40)/b11-10-,14-13-,17-16-,20-19-. The Labute approximate surface area is 260 Å². The fourth-order valence-electron chi connectivity index (χ4n) is 4.93. The number of carbonyl (C=O) groups excluding carboxylic acids is 1. The normalized spacial score (nSPS) is 12.8. The monoisotopic (exact) mass is 586 g/mol. The van der Waals surface area contributed by atoms with Crippen molar-refractivity contribution in [1.29, 1.82) is 0 Å². The van der Waals surface area contributed by atoms with Crippen LogP contribution in [0.4, 0.5) is 0 Å². The smallest absolute Gasteiger partial charge is 0.306 e. The number of rotatable bonds is 31. The molecule has 0 aliphatic heterocycles. The van der Waals surface area contributed by atoms with Gasteiger partial charge in [-0.1, -0.05) is 127 Å². The average molecular weight is 587 g/mol. The molecule has 0 radical (unpaired) electrons. The van der Waals surface area contributed by atoms with E-state index in [1.165, 1.54) is 44.9 Å². The summed E-state index contributed by atoms with van der Waals surface area (Å²) in [5, 5.41) is 8.72. The fraction of sp³-hybridized carbons (Fsp3) is 0.737. The molecule has 1 unspecified atom stereocenters. The van der Waals surface area contributed by atoms with E-state index in [2.05, 4.69) is 62.5 Å². The van der Waals surface area contributed by atoms with E-state index in [0.717, 1.165) is 103 Å². The second kappa shape index (κ2) is 33.4. The SMILES string of the molecule is CCCCC/C=C\C/C=C\C/C=C\C/C=C\CCCCCC(=O)OC(CCCCCC)CCCCCCCCC(=O)O. The number of carboxylic acids is 1. The Morgan fingerprint density at radius 2 is 0.929 bits per heavy atom. The lowest BCUT2D eigenvalue weighted by atomic mass is 10.0. The van der Waals surface area contributed by atoms with Gasteiger partial charge >= 0.3 is 11.9 Å². The zero-order valence-electron chi connectivity index (χ0n) is 27.5. The molecule has 0 fully saturated rings. The largest absolute Gasteiger partial charge is 0.481 e. The maximum absolute atomic E-state index is 12.5. The summed E-state index contributed by atoms with van der Waals surface area (Å²) in [4.78, 5) is 23.1. The number of esters is 1. The van der Waals surface area contributed by atoms with E-state index in [1.807, 2.05) is 0 Å². The zero-order chi connectivity index (χ0) is 30.8. The third-order valence-corrected chi connectivity index (χ3v) is 7.55. The first-order valence-corrected chi connectivity index (χ1v) is 17.6. The minimum Gasteiger partial charge on any atom is -0.481 e. The molecule has 242 valence electrons. The minimum absolute atomic E-state index is 0.0260. The Hall–Kier alpha value is -2.10. The molecule has 0 aliphatic rings. The van der Waals surface area contributed by atoms with Gasteiger partial charge in [0.25, 0.3) is 0 Å². The van der Waals surface area contributed by atoms with Crippen molar-refractivity contribution >= 4 is 11.9 Å². The molecule has 0 aromatic rings. The Bertz CT molecular complexity index is 719. The molecule has 0 rings (SSSR count). The highest BCUT2D eigenvalue weighted by atomic mass is 16.5. The Morgan fingerprint density at radius 3 is 1.48 bits per heavy atom. The van der Waals surface area contributed by atoms with Crippen LogP contribution in [0.5, 0.6) is 0 Å². The maximum atomic E-state index is 12.5. The van der Waals surface area contributed by atoms with Gasteiger partial charge in [0.05, 0.1) is 0 Å². The fourth-order valence-corrected chi connectivity index (χ4v) is 4.93. The molecule has 0 saturated carbocycles. The lowest BCUT2D eigenvalue weighted by molar-refractivity contribution is -0.150. The van der Waals surface area contributed by atoms with Gasteiger partial charge in [-0.05, 0) is 83.5 Å². The van der Waals surface area contributed by atoms with Gasteiger partial charge in [0.2, 0.25) is 0 Å². The van der Waals surface area contributed by atoms with Gasteiger partial charge in [0.15, 0.2) is 0 Å². The molecule has 0 heterocycles. The van der Waals surface area contributed by atoms with Crippen LogP contribution in [-0.2, 0) is 14.3 Å².